The first-order valence-corrected chi connectivity index (χ1v) is 7.82. The third kappa shape index (κ3) is 5.18. The number of halogens is 1. The van der Waals surface area contributed by atoms with E-state index in [2.05, 4.69) is 17.3 Å². The molecule has 1 amide bonds. The summed E-state index contributed by atoms with van der Waals surface area (Å²) in [6.07, 6.45) is 2.87. The summed E-state index contributed by atoms with van der Waals surface area (Å²) in [5.41, 5.74) is 6.23. The van der Waals surface area contributed by atoms with Crippen LogP contribution in [0.3, 0.4) is 0 Å². The van der Waals surface area contributed by atoms with Gasteiger partial charge in [-0.2, -0.15) is 9.78 Å². The van der Waals surface area contributed by atoms with E-state index >= 15 is 0 Å². The fraction of sp³-hybridized carbons (Fsp3) is 0.353. The van der Waals surface area contributed by atoms with Crippen molar-refractivity contribution in [3.63, 3.8) is 0 Å². The number of carbonyl (C=O) groups excluding carboxylic acids is 1. The van der Waals surface area contributed by atoms with Crippen LogP contribution in [-0.4, -0.2) is 28.3 Å². The molecule has 1 atom stereocenters. The quantitative estimate of drug-likeness (QED) is 0.798. The van der Waals surface area contributed by atoms with E-state index < -0.39 is 0 Å². The van der Waals surface area contributed by atoms with Crippen LogP contribution in [0, 0.1) is 0 Å². The SMILES string of the molecule is CCCCC(CN)NC(=O)c1ccc(=O)n(-c2ccccc2)n1.Cl. The van der Waals surface area contributed by atoms with Gasteiger partial charge in [0.1, 0.15) is 5.69 Å². The van der Waals surface area contributed by atoms with Crippen LogP contribution in [0.2, 0.25) is 0 Å². The van der Waals surface area contributed by atoms with E-state index in [1.165, 1.54) is 16.8 Å². The smallest absolute Gasteiger partial charge is 0.272 e. The van der Waals surface area contributed by atoms with E-state index in [0.717, 1.165) is 19.3 Å². The molecule has 6 nitrogen and oxygen atoms in total. The molecule has 24 heavy (non-hydrogen) atoms. The van der Waals surface area contributed by atoms with Crippen LogP contribution in [0.1, 0.15) is 36.7 Å². The maximum absolute atomic E-state index is 12.3. The van der Waals surface area contributed by atoms with Gasteiger partial charge in [0.2, 0.25) is 0 Å². The molecule has 1 aromatic heterocycles. The minimum absolute atomic E-state index is 0. The summed E-state index contributed by atoms with van der Waals surface area (Å²) in [4.78, 5) is 24.3. The molecule has 0 radical (unpaired) electrons. The van der Waals surface area contributed by atoms with Gasteiger partial charge in [-0.05, 0) is 24.6 Å². The first-order chi connectivity index (χ1) is 11.2. The topological polar surface area (TPSA) is 90.0 Å². The second kappa shape index (κ2) is 9.85. The number of hydrogen-bond donors (Lipinski definition) is 2. The number of carbonyl (C=O) groups is 1. The largest absolute Gasteiger partial charge is 0.347 e. The molecule has 7 heteroatoms. The van der Waals surface area contributed by atoms with Crippen LogP contribution in [0.5, 0.6) is 0 Å². The van der Waals surface area contributed by atoms with Crippen LogP contribution in [0.4, 0.5) is 0 Å². The molecule has 2 aromatic rings. The molecule has 0 saturated carbocycles. The second-order valence-electron chi connectivity index (χ2n) is 5.35. The zero-order valence-electron chi connectivity index (χ0n) is 13.6. The summed E-state index contributed by atoms with van der Waals surface area (Å²) < 4.78 is 1.22. The number of aromatic nitrogens is 2. The van der Waals surface area contributed by atoms with E-state index in [9.17, 15) is 9.59 Å². The highest BCUT2D eigenvalue weighted by Crippen LogP contribution is 2.04. The fourth-order valence-electron chi connectivity index (χ4n) is 2.25. The summed E-state index contributed by atoms with van der Waals surface area (Å²) in [6, 6.07) is 11.7. The van der Waals surface area contributed by atoms with Crippen molar-refractivity contribution >= 4 is 18.3 Å². The molecule has 0 saturated heterocycles. The van der Waals surface area contributed by atoms with Crippen LogP contribution in [0.25, 0.3) is 5.69 Å². The van der Waals surface area contributed by atoms with Crippen LogP contribution >= 0.6 is 12.4 Å². The van der Waals surface area contributed by atoms with Crippen molar-refractivity contribution in [2.24, 2.45) is 5.73 Å². The van der Waals surface area contributed by atoms with Crippen LogP contribution < -0.4 is 16.6 Å². The van der Waals surface area contributed by atoms with Gasteiger partial charge in [-0.1, -0.05) is 38.0 Å². The Hall–Kier alpha value is -2.18. The predicted molar refractivity (Wildman–Crippen MR) is 96.9 cm³/mol. The van der Waals surface area contributed by atoms with Gasteiger partial charge in [-0.15, -0.1) is 12.4 Å². The molecule has 1 heterocycles. The number of nitrogens with two attached hydrogens (primary N) is 1. The highest BCUT2D eigenvalue weighted by atomic mass is 35.5. The van der Waals surface area contributed by atoms with Gasteiger partial charge in [0.25, 0.3) is 11.5 Å². The second-order valence-corrected chi connectivity index (χ2v) is 5.35. The lowest BCUT2D eigenvalue weighted by Gasteiger charge is -2.16. The number of para-hydroxylation sites is 1. The Morgan fingerprint density at radius 2 is 1.96 bits per heavy atom. The van der Waals surface area contributed by atoms with Gasteiger partial charge in [0, 0.05) is 18.7 Å². The van der Waals surface area contributed by atoms with E-state index in [1.54, 1.807) is 12.1 Å². The zero-order valence-corrected chi connectivity index (χ0v) is 14.5. The predicted octanol–water partition coefficient (Wildman–Crippen LogP) is 1.90. The maximum atomic E-state index is 12.3. The highest BCUT2D eigenvalue weighted by molar-refractivity contribution is 5.92. The Balaban J connectivity index is 0.00000288. The highest BCUT2D eigenvalue weighted by Gasteiger charge is 2.14. The standard InChI is InChI=1S/C17H22N4O2.ClH/c1-2-3-7-13(12-18)19-17(23)15-10-11-16(22)21(20-15)14-8-5-4-6-9-14;/h4-6,8-11,13H,2-3,7,12,18H2,1H3,(H,19,23);1H. The minimum atomic E-state index is -0.318. The molecule has 0 spiro atoms. The van der Waals surface area contributed by atoms with Gasteiger partial charge >= 0.3 is 0 Å². The van der Waals surface area contributed by atoms with Gasteiger partial charge in [-0.25, -0.2) is 0 Å². The first kappa shape index (κ1) is 19.9. The molecule has 0 aliphatic heterocycles. The Bertz CT molecular complexity index is 703. The summed E-state index contributed by atoms with van der Waals surface area (Å²) >= 11 is 0. The van der Waals surface area contributed by atoms with Crippen molar-refractivity contribution in [2.75, 3.05) is 6.54 Å². The fourth-order valence-corrected chi connectivity index (χ4v) is 2.25. The lowest BCUT2D eigenvalue weighted by Crippen LogP contribution is -2.41. The van der Waals surface area contributed by atoms with E-state index in [1.807, 2.05) is 18.2 Å². The number of rotatable bonds is 7. The van der Waals surface area contributed by atoms with Gasteiger partial charge < -0.3 is 11.1 Å². The van der Waals surface area contributed by atoms with Crippen molar-refractivity contribution in [3.8, 4) is 5.69 Å². The number of unbranched alkanes of at least 4 members (excludes halogenated alkanes) is 1. The Labute approximate surface area is 147 Å². The Kier molecular flexibility index (Phi) is 8.15. The monoisotopic (exact) mass is 350 g/mol. The maximum Gasteiger partial charge on any atom is 0.272 e. The van der Waals surface area contributed by atoms with Crippen LogP contribution in [0.15, 0.2) is 47.3 Å². The molecular formula is C17H23ClN4O2. The molecule has 130 valence electrons. The van der Waals surface area contributed by atoms with Gasteiger partial charge in [-0.3, -0.25) is 9.59 Å². The summed E-state index contributed by atoms with van der Waals surface area (Å²) in [6.45, 7) is 2.47. The molecular weight excluding hydrogens is 328 g/mol. The lowest BCUT2D eigenvalue weighted by molar-refractivity contribution is 0.0929. The van der Waals surface area contributed by atoms with Crippen molar-refractivity contribution in [1.29, 1.82) is 0 Å². The van der Waals surface area contributed by atoms with Crippen LogP contribution in [-0.2, 0) is 0 Å². The Morgan fingerprint density at radius 3 is 2.58 bits per heavy atom. The minimum Gasteiger partial charge on any atom is -0.347 e. The molecule has 1 unspecified atom stereocenters. The summed E-state index contributed by atoms with van der Waals surface area (Å²) in [5.74, 6) is -0.318. The average Bonchev–Trinajstić information content (AvgIpc) is 2.59. The van der Waals surface area contributed by atoms with Gasteiger partial charge in [0.05, 0.1) is 5.69 Å². The van der Waals surface area contributed by atoms with Gasteiger partial charge in [0.15, 0.2) is 0 Å². The van der Waals surface area contributed by atoms with Crippen molar-refractivity contribution in [2.45, 2.75) is 32.2 Å². The summed E-state index contributed by atoms with van der Waals surface area (Å²) in [7, 11) is 0. The molecule has 3 N–H and O–H groups in total. The molecule has 0 aliphatic carbocycles. The molecule has 0 fully saturated rings. The van der Waals surface area contributed by atoms with E-state index in [0.29, 0.717) is 12.2 Å². The van der Waals surface area contributed by atoms with Crippen molar-refractivity contribution in [3.05, 3.63) is 58.5 Å². The first-order valence-electron chi connectivity index (χ1n) is 7.82. The zero-order chi connectivity index (χ0) is 16.7. The van der Waals surface area contributed by atoms with Crippen molar-refractivity contribution < 1.29 is 4.79 Å². The molecule has 0 bridgehead atoms. The van der Waals surface area contributed by atoms with Crippen molar-refractivity contribution in [1.82, 2.24) is 15.1 Å². The molecule has 0 aliphatic rings. The summed E-state index contributed by atoms with van der Waals surface area (Å²) in [5, 5.41) is 7.04. The normalized spacial score (nSPS) is 11.4. The third-order valence-electron chi connectivity index (χ3n) is 3.56. The molecule has 2 rings (SSSR count). The van der Waals surface area contributed by atoms with E-state index in [-0.39, 0.29) is 35.6 Å². The number of hydrogen-bond acceptors (Lipinski definition) is 4. The third-order valence-corrected chi connectivity index (χ3v) is 3.56. The average molecular weight is 351 g/mol. The Morgan fingerprint density at radius 1 is 1.25 bits per heavy atom. The number of amides is 1. The number of benzene rings is 1. The lowest BCUT2D eigenvalue weighted by atomic mass is 10.1. The molecule has 1 aromatic carbocycles. The van der Waals surface area contributed by atoms with E-state index in [4.69, 9.17) is 5.73 Å². The number of nitrogens with one attached hydrogen (secondary N) is 1. The number of nitrogens with zero attached hydrogens (tertiary/aromatic N) is 2.